The first-order valence-electron chi connectivity index (χ1n) is 11.1. The van der Waals surface area contributed by atoms with Gasteiger partial charge in [-0.05, 0) is 77.6 Å². The molecule has 1 aromatic carbocycles. The Bertz CT molecular complexity index is 743. The van der Waals surface area contributed by atoms with E-state index in [1.54, 1.807) is 17.0 Å². The molecule has 2 amide bonds. The Labute approximate surface area is 191 Å². The van der Waals surface area contributed by atoms with Crippen molar-refractivity contribution in [1.82, 2.24) is 10.2 Å². The second-order valence-corrected chi connectivity index (χ2v) is 10.4. The zero-order valence-corrected chi connectivity index (χ0v) is 20.4. The van der Waals surface area contributed by atoms with Gasteiger partial charge in [-0.3, -0.25) is 4.79 Å². The summed E-state index contributed by atoms with van der Waals surface area (Å²) in [7, 11) is 0. The van der Waals surface area contributed by atoms with Gasteiger partial charge < -0.3 is 19.7 Å². The first kappa shape index (κ1) is 25.3. The van der Waals surface area contributed by atoms with Crippen LogP contribution in [0, 0.1) is 5.41 Å². The molecule has 2 atom stereocenters. The average molecular weight is 453 g/mol. The Balaban J connectivity index is 1.76. The number of hydrogen-bond acceptors (Lipinski definition) is 4. The van der Waals surface area contributed by atoms with Crippen molar-refractivity contribution in [2.45, 2.75) is 84.9 Å². The lowest BCUT2D eigenvalue weighted by Crippen LogP contribution is -2.53. The number of piperidine rings is 1. The number of likely N-dealkylation sites (tertiary alicyclic amines) is 1. The number of amides is 2. The minimum Gasteiger partial charge on any atom is -0.494 e. The van der Waals surface area contributed by atoms with Crippen LogP contribution in [0.15, 0.2) is 24.3 Å². The van der Waals surface area contributed by atoms with Crippen molar-refractivity contribution < 1.29 is 19.1 Å². The second-order valence-electron chi connectivity index (χ2n) is 10.0. The largest absolute Gasteiger partial charge is 0.494 e. The Hall–Kier alpha value is -1.95. The van der Waals surface area contributed by atoms with Gasteiger partial charge in [0.15, 0.2) is 0 Å². The first-order chi connectivity index (χ1) is 14.4. The number of carbonyl (C=O) groups is 2. The van der Waals surface area contributed by atoms with Crippen molar-refractivity contribution in [1.29, 1.82) is 0 Å². The Kier molecular flexibility index (Phi) is 8.64. The second kappa shape index (κ2) is 10.6. The van der Waals surface area contributed by atoms with E-state index in [0.29, 0.717) is 18.2 Å². The van der Waals surface area contributed by atoms with Gasteiger partial charge in [0, 0.05) is 29.1 Å². The molecule has 0 aliphatic carbocycles. The molecule has 7 heteroatoms. The maximum absolute atomic E-state index is 12.9. The van der Waals surface area contributed by atoms with E-state index < -0.39 is 11.0 Å². The zero-order chi connectivity index (χ0) is 23.2. The lowest BCUT2D eigenvalue weighted by atomic mass is 9.86. The van der Waals surface area contributed by atoms with Gasteiger partial charge in [-0.1, -0.05) is 25.4 Å². The number of rotatable bonds is 7. The van der Waals surface area contributed by atoms with Crippen LogP contribution in [0.5, 0.6) is 5.75 Å². The average Bonchev–Trinajstić information content (AvgIpc) is 2.65. The lowest BCUT2D eigenvalue weighted by Gasteiger charge is -2.39. The molecule has 0 saturated carbocycles. The van der Waals surface area contributed by atoms with Crippen LogP contribution in [0.4, 0.5) is 4.79 Å². The van der Waals surface area contributed by atoms with E-state index in [0.717, 1.165) is 31.4 Å². The number of nitrogens with zero attached hydrogens (tertiary/aromatic N) is 1. The maximum Gasteiger partial charge on any atom is 0.410 e. The van der Waals surface area contributed by atoms with E-state index in [9.17, 15) is 9.59 Å². The molecular formula is C24H37ClN2O4. The van der Waals surface area contributed by atoms with Crippen molar-refractivity contribution in [3.8, 4) is 5.75 Å². The van der Waals surface area contributed by atoms with Gasteiger partial charge in [-0.25, -0.2) is 4.79 Å². The van der Waals surface area contributed by atoms with Crippen molar-refractivity contribution in [2.24, 2.45) is 5.41 Å². The highest BCUT2D eigenvalue weighted by atomic mass is 35.5. The summed E-state index contributed by atoms with van der Waals surface area (Å²) in [6.45, 7) is 12.6. The number of halogens is 1. The van der Waals surface area contributed by atoms with Crippen LogP contribution >= 0.6 is 11.6 Å². The monoisotopic (exact) mass is 452 g/mol. The minimum absolute atomic E-state index is 0.0183. The van der Waals surface area contributed by atoms with Gasteiger partial charge in [-0.15, -0.1) is 0 Å². The highest BCUT2D eigenvalue weighted by molar-refractivity contribution is 6.30. The first-order valence-corrected chi connectivity index (χ1v) is 11.4. The Morgan fingerprint density at radius 3 is 2.39 bits per heavy atom. The fourth-order valence-corrected chi connectivity index (χ4v) is 3.75. The van der Waals surface area contributed by atoms with E-state index in [4.69, 9.17) is 21.1 Å². The predicted molar refractivity (Wildman–Crippen MR) is 124 cm³/mol. The van der Waals surface area contributed by atoms with Crippen LogP contribution in [0.1, 0.15) is 67.2 Å². The van der Waals surface area contributed by atoms with E-state index in [2.05, 4.69) is 5.32 Å². The molecule has 0 bridgehead atoms. The molecule has 1 saturated heterocycles. The SMILES string of the molecule is C[C@H]1C[C@H](NC(=O)C(C)(C)CCCOc2ccc(Cl)cc2)CCN1C(=O)OC(C)(C)C. The topological polar surface area (TPSA) is 67.9 Å². The highest BCUT2D eigenvalue weighted by Crippen LogP contribution is 2.26. The minimum atomic E-state index is -0.511. The molecule has 1 aliphatic heterocycles. The van der Waals surface area contributed by atoms with Crippen molar-refractivity contribution in [3.05, 3.63) is 29.3 Å². The summed E-state index contributed by atoms with van der Waals surface area (Å²) in [6.07, 6.45) is 2.66. The standard InChI is InChI=1S/C24H37ClN2O4/c1-17-16-19(12-14-27(17)22(29)31-23(2,3)4)26-21(28)24(5,6)13-7-15-30-20-10-8-18(25)9-11-20/h8-11,17,19H,7,12-16H2,1-6H3,(H,26,28)/t17-,19+/m0/s1. The molecule has 0 spiro atoms. The molecule has 31 heavy (non-hydrogen) atoms. The highest BCUT2D eigenvalue weighted by Gasteiger charge is 2.34. The third-order valence-corrected chi connectivity index (χ3v) is 5.73. The Morgan fingerprint density at radius 1 is 1.16 bits per heavy atom. The summed E-state index contributed by atoms with van der Waals surface area (Å²) in [4.78, 5) is 27.0. The van der Waals surface area contributed by atoms with Crippen LogP contribution in [-0.4, -0.2) is 47.7 Å². The summed E-state index contributed by atoms with van der Waals surface area (Å²) in [5.41, 5.74) is -1.00. The molecule has 1 N–H and O–H groups in total. The number of nitrogens with one attached hydrogen (secondary N) is 1. The van der Waals surface area contributed by atoms with Crippen LogP contribution < -0.4 is 10.1 Å². The summed E-state index contributed by atoms with van der Waals surface area (Å²) in [5.74, 6) is 0.819. The van der Waals surface area contributed by atoms with Gasteiger partial charge in [0.05, 0.1) is 6.61 Å². The number of ether oxygens (including phenoxy) is 2. The van der Waals surface area contributed by atoms with Crippen LogP contribution in [0.2, 0.25) is 5.02 Å². The van der Waals surface area contributed by atoms with E-state index in [-0.39, 0.29) is 24.1 Å². The van der Waals surface area contributed by atoms with Gasteiger partial charge in [0.25, 0.3) is 0 Å². The zero-order valence-electron chi connectivity index (χ0n) is 19.7. The van der Waals surface area contributed by atoms with Crippen molar-refractivity contribution in [2.75, 3.05) is 13.2 Å². The van der Waals surface area contributed by atoms with Gasteiger partial charge >= 0.3 is 6.09 Å². The maximum atomic E-state index is 12.9. The third kappa shape index (κ3) is 8.24. The molecule has 1 aromatic rings. The number of benzene rings is 1. The van der Waals surface area contributed by atoms with E-state index in [1.165, 1.54) is 0 Å². The molecule has 0 radical (unpaired) electrons. The summed E-state index contributed by atoms with van der Waals surface area (Å²) >= 11 is 5.88. The molecule has 174 valence electrons. The number of carbonyl (C=O) groups excluding carboxylic acids is 2. The third-order valence-electron chi connectivity index (χ3n) is 5.48. The van der Waals surface area contributed by atoms with Crippen molar-refractivity contribution in [3.63, 3.8) is 0 Å². The number of hydrogen-bond donors (Lipinski definition) is 1. The predicted octanol–water partition coefficient (Wildman–Crippen LogP) is 5.43. The van der Waals surface area contributed by atoms with Crippen LogP contribution in [-0.2, 0) is 9.53 Å². The van der Waals surface area contributed by atoms with Crippen LogP contribution in [0.25, 0.3) is 0 Å². The summed E-state index contributed by atoms with van der Waals surface area (Å²) < 4.78 is 11.2. The molecule has 2 rings (SSSR count). The van der Waals surface area contributed by atoms with E-state index >= 15 is 0 Å². The van der Waals surface area contributed by atoms with E-state index in [1.807, 2.05) is 53.7 Å². The quantitative estimate of drug-likeness (QED) is 0.560. The molecule has 1 aliphatic rings. The molecule has 1 heterocycles. The molecule has 0 aromatic heterocycles. The molecule has 1 fully saturated rings. The summed E-state index contributed by atoms with van der Waals surface area (Å²) in [6, 6.07) is 7.35. The Morgan fingerprint density at radius 2 is 1.81 bits per heavy atom. The molecular weight excluding hydrogens is 416 g/mol. The van der Waals surface area contributed by atoms with Gasteiger partial charge in [0.2, 0.25) is 5.91 Å². The van der Waals surface area contributed by atoms with Crippen LogP contribution in [0.3, 0.4) is 0 Å². The summed E-state index contributed by atoms with van der Waals surface area (Å²) in [5, 5.41) is 3.87. The fourth-order valence-electron chi connectivity index (χ4n) is 3.62. The molecule has 0 unspecified atom stereocenters. The fraction of sp³-hybridized carbons (Fsp3) is 0.667. The smallest absolute Gasteiger partial charge is 0.410 e. The van der Waals surface area contributed by atoms with Crippen molar-refractivity contribution >= 4 is 23.6 Å². The van der Waals surface area contributed by atoms with Gasteiger partial charge in [-0.2, -0.15) is 0 Å². The van der Waals surface area contributed by atoms with Gasteiger partial charge in [0.1, 0.15) is 11.4 Å². The lowest BCUT2D eigenvalue weighted by molar-refractivity contribution is -0.131. The molecule has 6 nitrogen and oxygen atoms in total. The normalized spacial score (nSPS) is 19.6.